The van der Waals surface area contributed by atoms with Crippen molar-refractivity contribution in [2.24, 2.45) is 11.8 Å². The third-order valence-electron chi connectivity index (χ3n) is 3.35. The fourth-order valence-corrected chi connectivity index (χ4v) is 3.61. The minimum atomic E-state index is 0.658. The van der Waals surface area contributed by atoms with Crippen molar-refractivity contribution in [2.45, 2.75) is 40.2 Å². The van der Waals surface area contributed by atoms with Crippen LogP contribution in [0.4, 0.5) is 5.95 Å². The van der Waals surface area contributed by atoms with Gasteiger partial charge in [-0.15, -0.1) is 0 Å². The van der Waals surface area contributed by atoms with Crippen molar-refractivity contribution in [3.05, 3.63) is 11.9 Å². The van der Waals surface area contributed by atoms with Gasteiger partial charge >= 0.3 is 0 Å². The second-order valence-corrected chi connectivity index (χ2v) is 6.91. The molecule has 0 bridgehead atoms. The third kappa shape index (κ3) is 3.94. The van der Waals surface area contributed by atoms with Crippen molar-refractivity contribution >= 4 is 17.7 Å². The first kappa shape index (κ1) is 13.8. The molecule has 1 N–H and O–H groups in total. The second kappa shape index (κ2) is 6.50. The first-order chi connectivity index (χ1) is 8.65. The first-order valence-electron chi connectivity index (χ1n) is 7.00. The lowest BCUT2D eigenvalue weighted by molar-refractivity contribution is 0.503. The quantitative estimate of drug-likeness (QED) is 0.886. The van der Waals surface area contributed by atoms with Crippen molar-refractivity contribution < 1.29 is 0 Å². The van der Waals surface area contributed by atoms with Crippen LogP contribution in [0.5, 0.6) is 0 Å². The summed E-state index contributed by atoms with van der Waals surface area (Å²) in [6.45, 7) is 8.69. The van der Waals surface area contributed by atoms with E-state index in [9.17, 15) is 0 Å². The summed E-state index contributed by atoms with van der Waals surface area (Å²) in [6.07, 6.45) is 4.85. The van der Waals surface area contributed by atoms with E-state index in [0.29, 0.717) is 5.92 Å². The molecule has 3 nitrogen and oxygen atoms in total. The molecule has 4 heteroatoms. The number of imidazole rings is 1. The molecule has 1 fully saturated rings. The van der Waals surface area contributed by atoms with Crippen LogP contribution in [0.15, 0.2) is 6.20 Å². The van der Waals surface area contributed by atoms with E-state index in [1.54, 1.807) is 0 Å². The molecule has 2 rings (SSSR count). The smallest absolute Gasteiger partial charge is 0.203 e. The van der Waals surface area contributed by atoms with Gasteiger partial charge in [0, 0.05) is 19.3 Å². The Balaban J connectivity index is 1.91. The molecule has 0 atom stereocenters. The molecule has 1 aliphatic heterocycles. The molecule has 1 aliphatic rings. The molecule has 0 aromatic carbocycles. The fourth-order valence-electron chi connectivity index (χ4n) is 2.41. The maximum atomic E-state index is 4.59. The zero-order valence-corrected chi connectivity index (χ0v) is 12.6. The number of nitrogens with zero attached hydrogens (tertiary/aromatic N) is 2. The van der Waals surface area contributed by atoms with Crippen LogP contribution in [0, 0.1) is 18.8 Å². The normalized spacial score (nSPS) is 17.3. The van der Waals surface area contributed by atoms with Crippen LogP contribution in [-0.2, 0) is 6.54 Å². The molecule has 0 amide bonds. The molecule has 102 valence electrons. The van der Waals surface area contributed by atoms with Gasteiger partial charge in [0.25, 0.3) is 0 Å². The van der Waals surface area contributed by atoms with Crippen LogP contribution in [0.2, 0.25) is 0 Å². The Kier molecular flexibility index (Phi) is 4.98. The van der Waals surface area contributed by atoms with Crippen LogP contribution < -0.4 is 5.32 Å². The monoisotopic (exact) mass is 267 g/mol. The van der Waals surface area contributed by atoms with Crippen molar-refractivity contribution in [1.29, 1.82) is 0 Å². The summed E-state index contributed by atoms with van der Waals surface area (Å²) in [5.41, 5.74) is 1.11. The highest BCUT2D eigenvalue weighted by Crippen LogP contribution is 2.23. The average Bonchev–Trinajstić information content (AvgIpc) is 2.67. The van der Waals surface area contributed by atoms with Gasteiger partial charge in [-0.25, -0.2) is 4.98 Å². The SMILES string of the molecule is Cc1cn(CC(C)C)c(NCC2CCSCC2)n1. The van der Waals surface area contributed by atoms with Gasteiger partial charge in [-0.1, -0.05) is 13.8 Å². The minimum absolute atomic E-state index is 0.658. The molecule has 1 aromatic rings. The number of anilines is 1. The molecule has 0 unspecified atom stereocenters. The molecule has 0 radical (unpaired) electrons. The average molecular weight is 267 g/mol. The predicted molar refractivity (Wildman–Crippen MR) is 80.3 cm³/mol. The Morgan fingerprint density at radius 3 is 2.83 bits per heavy atom. The number of thioether (sulfide) groups is 1. The maximum absolute atomic E-state index is 4.59. The summed E-state index contributed by atoms with van der Waals surface area (Å²) in [7, 11) is 0. The lowest BCUT2D eigenvalue weighted by Gasteiger charge is -2.22. The van der Waals surface area contributed by atoms with Crippen molar-refractivity contribution in [2.75, 3.05) is 23.4 Å². The molecule has 1 saturated heterocycles. The molecule has 0 spiro atoms. The number of aryl methyl sites for hydroxylation is 1. The predicted octanol–water partition coefficient (Wildman–Crippen LogP) is 3.40. The van der Waals surface area contributed by atoms with Crippen molar-refractivity contribution in [1.82, 2.24) is 9.55 Å². The van der Waals surface area contributed by atoms with Crippen LogP contribution >= 0.6 is 11.8 Å². The zero-order valence-electron chi connectivity index (χ0n) is 11.8. The second-order valence-electron chi connectivity index (χ2n) is 5.69. The first-order valence-corrected chi connectivity index (χ1v) is 8.16. The van der Waals surface area contributed by atoms with Crippen LogP contribution in [0.25, 0.3) is 0 Å². The Bertz CT molecular complexity index is 367. The molecule has 0 aliphatic carbocycles. The summed E-state index contributed by atoms with van der Waals surface area (Å²) >= 11 is 2.09. The minimum Gasteiger partial charge on any atom is -0.355 e. The van der Waals surface area contributed by atoms with E-state index >= 15 is 0 Å². The van der Waals surface area contributed by atoms with Crippen LogP contribution in [-0.4, -0.2) is 27.6 Å². The molecular formula is C14H25N3S. The van der Waals surface area contributed by atoms with E-state index in [4.69, 9.17) is 0 Å². The summed E-state index contributed by atoms with van der Waals surface area (Å²) in [4.78, 5) is 4.59. The van der Waals surface area contributed by atoms with Crippen molar-refractivity contribution in [3.8, 4) is 0 Å². The van der Waals surface area contributed by atoms with E-state index in [1.807, 2.05) is 0 Å². The third-order valence-corrected chi connectivity index (χ3v) is 4.40. The lowest BCUT2D eigenvalue weighted by Crippen LogP contribution is -2.21. The molecule has 18 heavy (non-hydrogen) atoms. The van der Waals surface area contributed by atoms with Crippen LogP contribution in [0.3, 0.4) is 0 Å². The van der Waals surface area contributed by atoms with Gasteiger partial charge in [-0.2, -0.15) is 11.8 Å². The fraction of sp³-hybridized carbons (Fsp3) is 0.786. The Morgan fingerprint density at radius 2 is 2.17 bits per heavy atom. The van der Waals surface area contributed by atoms with Gasteiger partial charge in [0.15, 0.2) is 0 Å². The number of hydrogen-bond acceptors (Lipinski definition) is 3. The van der Waals surface area contributed by atoms with Crippen molar-refractivity contribution in [3.63, 3.8) is 0 Å². The summed E-state index contributed by atoms with van der Waals surface area (Å²) in [6, 6.07) is 0. The zero-order chi connectivity index (χ0) is 13.0. The number of rotatable bonds is 5. The highest BCUT2D eigenvalue weighted by Gasteiger charge is 2.14. The molecule has 0 saturated carbocycles. The number of hydrogen-bond donors (Lipinski definition) is 1. The maximum Gasteiger partial charge on any atom is 0.203 e. The van der Waals surface area contributed by atoms with E-state index < -0.39 is 0 Å². The number of nitrogens with one attached hydrogen (secondary N) is 1. The van der Waals surface area contributed by atoms with E-state index in [2.05, 4.69) is 53.6 Å². The topological polar surface area (TPSA) is 29.9 Å². The van der Waals surface area contributed by atoms with Gasteiger partial charge in [-0.05, 0) is 43.1 Å². The van der Waals surface area contributed by atoms with Gasteiger partial charge < -0.3 is 9.88 Å². The van der Waals surface area contributed by atoms with Crippen LogP contribution in [0.1, 0.15) is 32.4 Å². The molecule has 1 aromatic heterocycles. The summed E-state index contributed by atoms with van der Waals surface area (Å²) in [5, 5.41) is 3.55. The Labute approximate surface area is 115 Å². The Morgan fingerprint density at radius 1 is 1.44 bits per heavy atom. The lowest BCUT2D eigenvalue weighted by atomic mass is 10.0. The van der Waals surface area contributed by atoms with Gasteiger partial charge in [0.1, 0.15) is 0 Å². The summed E-state index contributed by atoms with van der Waals surface area (Å²) < 4.78 is 2.26. The highest BCUT2D eigenvalue weighted by molar-refractivity contribution is 7.99. The van der Waals surface area contributed by atoms with Gasteiger partial charge in [-0.3, -0.25) is 0 Å². The van der Waals surface area contributed by atoms with E-state index in [1.165, 1.54) is 24.3 Å². The Hall–Kier alpha value is -0.640. The highest BCUT2D eigenvalue weighted by atomic mass is 32.2. The van der Waals surface area contributed by atoms with Gasteiger partial charge in [0.05, 0.1) is 5.69 Å². The molecular weight excluding hydrogens is 242 g/mol. The van der Waals surface area contributed by atoms with E-state index in [0.717, 1.165) is 30.6 Å². The summed E-state index contributed by atoms with van der Waals surface area (Å²) in [5.74, 6) is 5.19. The standard InChI is InChI=1S/C14H25N3S/c1-11(2)9-17-10-12(3)16-14(17)15-8-13-4-6-18-7-5-13/h10-11,13H,4-9H2,1-3H3,(H,15,16). The molecule has 2 heterocycles. The largest absolute Gasteiger partial charge is 0.355 e. The number of aromatic nitrogens is 2. The van der Waals surface area contributed by atoms with Gasteiger partial charge in [0.2, 0.25) is 5.95 Å². The van der Waals surface area contributed by atoms with E-state index in [-0.39, 0.29) is 0 Å².